The Labute approximate surface area is 139 Å². The summed E-state index contributed by atoms with van der Waals surface area (Å²) in [5.74, 6) is 2.22. The Balaban J connectivity index is 1.72. The van der Waals surface area contributed by atoms with Crippen molar-refractivity contribution in [3.8, 4) is 11.5 Å². The molecule has 0 radical (unpaired) electrons. The van der Waals surface area contributed by atoms with E-state index in [1.165, 1.54) is 0 Å². The van der Waals surface area contributed by atoms with Crippen LogP contribution in [0.5, 0.6) is 11.5 Å². The molecule has 0 aromatic heterocycles. The van der Waals surface area contributed by atoms with Gasteiger partial charge in [0.25, 0.3) is 5.91 Å². The molecule has 1 saturated heterocycles. The highest BCUT2D eigenvalue weighted by molar-refractivity contribution is 5.77. The van der Waals surface area contributed by atoms with Crippen molar-refractivity contribution in [1.29, 1.82) is 0 Å². The lowest BCUT2D eigenvalue weighted by Gasteiger charge is -2.32. The number of carbonyl (C=O) groups excluding carboxylic acids is 1. The molecule has 1 amide bonds. The summed E-state index contributed by atoms with van der Waals surface area (Å²) in [6.07, 6.45) is 1.04. The van der Waals surface area contributed by atoms with Crippen molar-refractivity contribution in [2.75, 3.05) is 46.4 Å². The summed E-state index contributed by atoms with van der Waals surface area (Å²) in [6, 6.07) is 7.47. The molecule has 5 nitrogen and oxygen atoms in total. The Morgan fingerprint density at radius 2 is 1.61 bits per heavy atom. The van der Waals surface area contributed by atoms with Crippen molar-refractivity contribution >= 4 is 5.91 Å². The Kier molecular flexibility index (Phi) is 6.71. The van der Waals surface area contributed by atoms with Crippen LogP contribution in [0, 0.1) is 5.92 Å². The first-order valence-corrected chi connectivity index (χ1v) is 8.36. The zero-order valence-electron chi connectivity index (χ0n) is 14.5. The normalized spacial score (nSPS) is 15.7. The van der Waals surface area contributed by atoms with Gasteiger partial charge in [-0.15, -0.1) is 0 Å². The summed E-state index contributed by atoms with van der Waals surface area (Å²) in [5, 5.41) is 0. The molecule has 0 bridgehead atoms. The molecular formula is C18H28N2O3. The SMILES string of the molecule is CC(C)CCOc1ccc(OCC(=O)N2CCN(C)CC2)cc1. The highest BCUT2D eigenvalue weighted by Crippen LogP contribution is 2.18. The van der Waals surface area contributed by atoms with Crippen LogP contribution in [0.3, 0.4) is 0 Å². The molecular weight excluding hydrogens is 292 g/mol. The number of likely N-dealkylation sites (N-methyl/N-ethyl adjacent to an activating group) is 1. The molecule has 1 aliphatic rings. The molecule has 128 valence electrons. The summed E-state index contributed by atoms with van der Waals surface area (Å²) >= 11 is 0. The first-order chi connectivity index (χ1) is 11.0. The number of nitrogens with zero attached hydrogens (tertiary/aromatic N) is 2. The Hall–Kier alpha value is -1.75. The minimum atomic E-state index is 0.0513. The molecule has 0 spiro atoms. The molecule has 1 aromatic carbocycles. The molecule has 0 aliphatic carbocycles. The number of rotatable bonds is 7. The predicted molar refractivity (Wildman–Crippen MR) is 91.0 cm³/mol. The van der Waals surface area contributed by atoms with Gasteiger partial charge in [-0.05, 0) is 43.7 Å². The second kappa shape index (κ2) is 8.77. The predicted octanol–water partition coefficient (Wildman–Crippen LogP) is 2.26. The maximum absolute atomic E-state index is 12.1. The van der Waals surface area contributed by atoms with Crippen molar-refractivity contribution in [2.45, 2.75) is 20.3 Å². The summed E-state index contributed by atoms with van der Waals surface area (Å²) in [4.78, 5) is 16.2. The van der Waals surface area contributed by atoms with Crippen LogP contribution >= 0.6 is 0 Å². The van der Waals surface area contributed by atoms with E-state index in [9.17, 15) is 4.79 Å². The van der Waals surface area contributed by atoms with Crippen molar-refractivity contribution in [3.05, 3.63) is 24.3 Å². The first-order valence-electron chi connectivity index (χ1n) is 8.36. The Morgan fingerprint density at radius 3 is 2.17 bits per heavy atom. The quantitative estimate of drug-likeness (QED) is 0.773. The number of hydrogen-bond donors (Lipinski definition) is 0. The zero-order chi connectivity index (χ0) is 16.7. The van der Waals surface area contributed by atoms with Crippen molar-refractivity contribution in [2.24, 2.45) is 5.92 Å². The summed E-state index contributed by atoms with van der Waals surface area (Å²) < 4.78 is 11.3. The maximum Gasteiger partial charge on any atom is 0.260 e. The van der Waals surface area contributed by atoms with Crippen molar-refractivity contribution < 1.29 is 14.3 Å². The van der Waals surface area contributed by atoms with Crippen LogP contribution in [0.2, 0.25) is 0 Å². The average molecular weight is 320 g/mol. The van der Waals surface area contributed by atoms with Gasteiger partial charge in [-0.25, -0.2) is 0 Å². The van der Waals surface area contributed by atoms with E-state index in [1.54, 1.807) is 0 Å². The van der Waals surface area contributed by atoms with Gasteiger partial charge in [-0.1, -0.05) is 13.8 Å². The van der Waals surface area contributed by atoms with E-state index in [0.29, 0.717) is 11.7 Å². The van der Waals surface area contributed by atoms with E-state index in [-0.39, 0.29) is 12.5 Å². The lowest BCUT2D eigenvalue weighted by molar-refractivity contribution is -0.134. The molecule has 0 unspecified atom stereocenters. The topological polar surface area (TPSA) is 42.0 Å². The lowest BCUT2D eigenvalue weighted by atomic mass is 10.1. The summed E-state index contributed by atoms with van der Waals surface area (Å²) in [7, 11) is 2.07. The number of ether oxygens (including phenoxy) is 2. The summed E-state index contributed by atoms with van der Waals surface area (Å²) in [6.45, 7) is 8.58. The molecule has 1 fully saturated rings. The van der Waals surface area contributed by atoms with Gasteiger partial charge in [0.15, 0.2) is 6.61 Å². The van der Waals surface area contributed by atoms with E-state index in [1.807, 2.05) is 29.2 Å². The smallest absolute Gasteiger partial charge is 0.260 e. The summed E-state index contributed by atoms with van der Waals surface area (Å²) in [5.41, 5.74) is 0. The third-order valence-electron chi connectivity index (χ3n) is 4.01. The second-order valence-electron chi connectivity index (χ2n) is 6.48. The largest absolute Gasteiger partial charge is 0.494 e. The van der Waals surface area contributed by atoms with Crippen LogP contribution in [0.4, 0.5) is 0 Å². The van der Waals surface area contributed by atoms with Crippen molar-refractivity contribution in [1.82, 2.24) is 9.80 Å². The van der Waals surface area contributed by atoms with E-state index in [0.717, 1.165) is 45.0 Å². The first kappa shape index (κ1) is 17.6. The highest BCUT2D eigenvalue weighted by atomic mass is 16.5. The van der Waals surface area contributed by atoms with E-state index >= 15 is 0 Å². The van der Waals surface area contributed by atoms with Crippen LogP contribution < -0.4 is 9.47 Å². The minimum Gasteiger partial charge on any atom is -0.494 e. The van der Waals surface area contributed by atoms with Crippen molar-refractivity contribution in [3.63, 3.8) is 0 Å². The number of hydrogen-bond acceptors (Lipinski definition) is 4. The third kappa shape index (κ3) is 6.10. The minimum absolute atomic E-state index is 0.0513. The van der Waals surface area contributed by atoms with Gasteiger partial charge in [-0.2, -0.15) is 0 Å². The fraction of sp³-hybridized carbons (Fsp3) is 0.611. The molecule has 1 heterocycles. The maximum atomic E-state index is 12.1. The van der Waals surface area contributed by atoms with Crippen LogP contribution in [-0.2, 0) is 4.79 Å². The molecule has 0 atom stereocenters. The van der Waals surface area contributed by atoms with Gasteiger partial charge in [-0.3, -0.25) is 4.79 Å². The fourth-order valence-corrected chi connectivity index (χ4v) is 2.34. The second-order valence-corrected chi connectivity index (χ2v) is 6.48. The highest BCUT2D eigenvalue weighted by Gasteiger charge is 2.19. The average Bonchev–Trinajstić information content (AvgIpc) is 2.54. The zero-order valence-corrected chi connectivity index (χ0v) is 14.5. The molecule has 2 rings (SSSR count). The number of amides is 1. The molecule has 1 aliphatic heterocycles. The Morgan fingerprint density at radius 1 is 1.04 bits per heavy atom. The van der Waals surface area contributed by atoms with Crippen LogP contribution in [-0.4, -0.2) is 62.1 Å². The molecule has 1 aromatic rings. The van der Waals surface area contributed by atoms with Crippen LogP contribution in [0.25, 0.3) is 0 Å². The number of piperazine rings is 1. The standard InChI is InChI=1S/C18H28N2O3/c1-15(2)8-13-22-16-4-6-17(7-5-16)23-14-18(21)20-11-9-19(3)10-12-20/h4-7,15H,8-14H2,1-3H3. The van der Waals surface area contributed by atoms with Gasteiger partial charge in [0, 0.05) is 26.2 Å². The molecule has 0 saturated carbocycles. The van der Waals surface area contributed by atoms with Gasteiger partial charge in [0.1, 0.15) is 11.5 Å². The number of carbonyl (C=O) groups is 1. The Bertz CT molecular complexity index is 480. The van der Waals surface area contributed by atoms with E-state index < -0.39 is 0 Å². The lowest BCUT2D eigenvalue weighted by Crippen LogP contribution is -2.48. The van der Waals surface area contributed by atoms with Gasteiger partial charge >= 0.3 is 0 Å². The van der Waals surface area contributed by atoms with Gasteiger partial charge in [0.2, 0.25) is 0 Å². The van der Waals surface area contributed by atoms with Crippen LogP contribution in [0.15, 0.2) is 24.3 Å². The monoisotopic (exact) mass is 320 g/mol. The fourth-order valence-electron chi connectivity index (χ4n) is 2.34. The number of benzene rings is 1. The molecule has 23 heavy (non-hydrogen) atoms. The third-order valence-corrected chi connectivity index (χ3v) is 4.01. The molecule has 0 N–H and O–H groups in total. The van der Waals surface area contributed by atoms with Crippen LogP contribution in [0.1, 0.15) is 20.3 Å². The van der Waals surface area contributed by atoms with E-state index in [2.05, 4.69) is 25.8 Å². The molecule has 5 heteroatoms. The van der Waals surface area contributed by atoms with E-state index in [4.69, 9.17) is 9.47 Å². The van der Waals surface area contributed by atoms with Gasteiger partial charge < -0.3 is 19.3 Å². The van der Waals surface area contributed by atoms with Gasteiger partial charge in [0.05, 0.1) is 6.61 Å².